The maximum absolute atomic E-state index is 6.03. The first-order valence-electron chi connectivity index (χ1n) is 9.65. The third-order valence-electron chi connectivity index (χ3n) is 4.94. The minimum absolute atomic E-state index is 0.226. The van der Waals surface area contributed by atoms with Crippen LogP contribution in [0.2, 0.25) is 0 Å². The molecule has 8 heteroatoms. The van der Waals surface area contributed by atoms with Crippen LogP contribution in [0.1, 0.15) is 29.7 Å². The highest BCUT2D eigenvalue weighted by molar-refractivity contribution is 5.59. The molecule has 2 aromatic heterocycles. The molecule has 8 nitrogen and oxygen atoms in total. The van der Waals surface area contributed by atoms with Crippen LogP contribution in [0.25, 0.3) is 5.65 Å². The van der Waals surface area contributed by atoms with Crippen LogP contribution in [0.4, 0.5) is 5.82 Å². The quantitative estimate of drug-likeness (QED) is 0.595. The van der Waals surface area contributed by atoms with E-state index in [9.17, 15) is 0 Å². The molecule has 1 aromatic carbocycles. The van der Waals surface area contributed by atoms with E-state index >= 15 is 0 Å². The molecule has 3 aromatic rings. The number of fused-ring (bicyclic) bond motifs is 1. The lowest BCUT2D eigenvalue weighted by Crippen LogP contribution is -2.18. The first-order valence-corrected chi connectivity index (χ1v) is 9.65. The van der Waals surface area contributed by atoms with Gasteiger partial charge in [0.1, 0.15) is 6.61 Å². The van der Waals surface area contributed by atoms with Crippen LogP contribution in [0.5, 0.6) is 6.01 Å². The molecular formula is C20H26N6O2. The van der Waals surface area contributed by atoms with Gasteiger partial charge in [0.25, 0.3) is 0 Å². The Hall–Kier alpha value is -2.71. The van der Waals surface area contributed by atoms with Crippen molar-refractivity contribution in [2.75, 3.05) is 39.1 Å². The monoisotopic (exact) mass is 382 g/mol. The molecule has 28 heavy (non-hydrogen) atoms. The molecule has 1 saturated heterocycles. The van der Waals surface area contributed by atoms with Gasteiger partial charge < -0.3 is 15.2 Å². The van der Waals surface area contributed by atoms with E-state index in [0.29, 0.717) is 31.1 Å². The number of likely N-dealkylation sites (tertiary alicyclic amines) is 1. The molecule has 0 aliphatic carbocycles. The Morgan fingerprint density at radius 1 is 1.14 bits per heavy atom. The zero-order valence-electron chi connectivity index (χ0n) is 16.2. The van der Waals surface area contributed by atoms with Gasteiger partial charge in [-0.05, 0) is 37.1 Å². The second-order valence-corrected chi connectivity index (χ2v) is 7.09. The van der Waals surface area contributed by atoms with Gasteiger partial charge in [0.05, 0.1) is 18.5 Å². The van der Waals surface area contributed by atoms with E-state index in [2.05, 4.69) is 44.2 Å². The number of anilines is 1. The number of nitrogens with zero attached hydrogens (tertiary/aromatic N) is 5. The van der Waals surface area contributed by atoms with Gasteiger partial charge in [0.2, 0.25) is 0 Å². The summed E-state index contributed by atoms with van der Waals surface area (Å²) in [4.78, 5) is 11.1. The highest BCUT2D eigenvalue weighted by atomic mass is 16.5. The Labute approximate surface area is 164 Å². The fourth-order valence-corrected chi connectivity index (χ4v) is 3.57. The van der Waals surface area contributed by atoms with Crippen LogP contribution in [-0.2, 0) is 17.7 Å². The van der Waals surface area contributed by atoms with Crippen LogP contribution in [0.15, 0.2) is 30.5 Å². The predicted molar refractivity (Wildman–Crippen MR) is 106 cm³/mol. The molecule has 3 heterocycles. The molecule has 0 spiro atoms. The van der Waals surface area contributed by atoms with E-state index in [-0.39, 0.29) is 6.01 Å². The normalized spacial score (nSPS) is 14.8. The zero-order chi connectivity index (χ0) is 19.3. The molecule has 0 atom stereocenters. The number of nitrogens with two attached hydrogens (primary N) is 1. The van der Waals surface area contributed by atoms with E-state index in [1.54, 1.807) is 17.8 Å². The summed E-state index contributed by atoms with van der Waals surface area (Å²) in [5, 5.41) is 4.45. The van der Waals surface area contributed by atoms with Crippen molar-refractivity contribution in [2.24, 2.45) is 0 Å². The van der Waals surface area contributed by atoms with Gasteiger partial charge in [-0.3, -0.25) is 4.90 Å². The second-order valence-electron chi connectivity index (χ2n) is 7.09. The highest BCUT2D eigenvalue weighted by Crippen LogP contribution is 2.19. The molecule has 2 N–H and O–H groups in total. The summed E-state index contributed by atoms with van der Waals surface area (Å²) in [6.45, 7) is 4.22. The summed E-state index contributed by atoms with van der Waals surface area (Å²) in [6.07, 6.45) is 5.12. The van der Waals surface area contributed by atoms with E-state index < -0.39 is 0 Å². The van der Waals surface area contributed by atoms with Gasteiger partial charge >= 0.3 is 6.01 Å². The third kappa shape index (κ3) is 4.23. The summed E-state index contributed by atoms with van der Waals surface area (Å²) < 4.78 is 12.2. The number of ether oxygens (including phenoxy) is 2. The Morgan fingerprint density at radius 3 is 2.79 bits per heavy atom. The molecule has 0 unspecified atom stereocenters. The Morgan fingerprint density at radius 2 is 1.96 bits per heavy atom. The first-order chi connectivity index (χ1) is 13.7. The number of hydrogen-bond donors (Lipinski definition) is 1. The maximum Gasteiger partial charge on any atom is 0.336 e. The van der Waals surface area contributed by atoms with E-state index in [4.69, 9.17) is 15.2 Å². The number of nitrogen functional groups attached to an aromatic ring is 1. The second kappa shape index (κ2) is 8.53. The number of rotatable bonds is 8. The van der Waals surface area contributed by atoms with Crippen LogP contribution < -0.4 is 10.5 Å². The van der Waals surface area contributed by atoms with E-state index in [0.717, 1.165) is 12.2 Å². The molecule has 1 aliphatic rings. The van der Waals surface area contributed by atoms with Gasteiger partial charge in [0.15, 0.2) is 11.5 Å². The standard InChI is InChI=1S/C20H26N6O2/c1-27-9-10-28-20-23-18(21)19-22-13-17(26(19)24-20)12-15-5-4-6-16(11-15)14-25-7-2-3-8-25/h4-6,11,13H,2-3,7-10,12,14H2,1H3,(H2,21,23,24). The largest absolute Gasteiger partial charge is 0.460 e. The molecule has 0 radical (unpaired) electrons. The summed E-state index contributed by atoms with van der Waals surface area (Å²) in [6, 6.07) is 8.93. The molecule has 148 valence electrons. The zero-order valence-corrected chi connectivity index (χ0v) is 16.2. The molecule has 0 saturated carbocycles. The fraction of sp³-hybridized carbons (Fsp3) is 0.450. The third-order valence-corrected chi connectivity index (χ3v) is 4.94. The van der Waals surface area contributed by atoms with Crippen molar-refractivity contribution >= 4 is 11.5 Å². The van der Waals surface area contributed by atoms with Crippen molar-refractivity contribution in [1.29, 1.82) is 0 Å². The molecule has 1 aliphatic heterocycles. The lowest BCUT2D eigenvalue weighted by molar-refractivity contribution is 0.140. The van der Waals surface area contributed by atoms with Crippen LogP contribution in [0, 0.1) is 0 Å². The van der Waals surface area contributed by atoms with Crippen molar-refractivity contribution in [1.82, 2.24) is 24.5 Å². The average molecular weight is 382 g/mol. The average Bonchev–Trinajstić information content (AvgIpc) is 3.33. The van der Waals surface area contributed by atoms with E-state index in [1.807, 2.05) is 0 Å². The SMILES string of the molecule is COCCOc1nc(N)c2ncc(Cc3cccc(CN4CCCC4)c3)n2n1. The summed E-state index contributed by atoms with van der Waals surface area (Å²) >= 11 is 0. The first kappa shape index (κ1) is 18.6. The number of methoxy groups -OCH3 is 1. The minimum Gasteiger partial charge on any atom is -0.460 e. The minimum atomic E-state index is 0.226. The maximum atomic E-state index is 6.03. The lowest BCUT2D eigenvalue weighted by atomic mass is 10.1. The number of imidazole rings is 1. The Bertz CT molecular complexity index is 936. The lowest BCUT2D eigenvalue weighted by Gasteiger charge is -2.15. The summed E-state index contributed by atoms with van der Waals surface area (Å²) in [5.41, 5.74) is 10.1. The molecule has 1 fully saturated rings. The van der Waals surface area contributed by atoms with Crippen LogP contribution >= 0.6 is 0 Å². The van der Waals surface area contributed by atoms with Crippen LogP contribution in [-0.4, -0.2) is 57.9 Å². The van der Waals surface area contributed by atoms with Crippen molar-refractivity contribution in [3.05, 3.63) is 47.3 Å². The summed E-state index contributed by atoms with van der Waals surface area (Å²) in [5.74, 6) is 0.302. The van der Waals surface area contributed by atoms with Gasteiger partial charge in [-0.2, -0.15) is 4.98 Å². The Balaban J connectivity index is 1.54. The molecule has 0 bridgehead atoms. The van der Waals surface area contributed by atoms with Gasteiger partial charge in [-0.1, -0.05) is 24.3 Å². The van der Waals surface area contributed by atoms with Gasteiger partial charge in [-0.25, -0.2) is 9.50 Å². The van der Waals surface area contributed by atoms with Gasteiger partial charge in [0, 0.05) is 20.1 Å². The van der Waals surface area contributed by atoms with Crippen molar-refractivity contribution in [2.45, 2.75) is 25.8 Å². The molecule has 0 amide bonds. The number of benzene rings is 1. The van der Waals surface area contributed by atoms with Gasteiger partial charge in [-0.15, -0.1) is 5.10 Å². The van der Waals surface area contributed by atoms with Crippen molar-refractivity contribution in [3.63, 3.8) is 0 Å². The molecule has 4 rings (SSSR count). The van der Waals surface area contributed by atoms with E-state index in [1.165, 1.54) is 37.1 Å². The number of hydrogen-bond acceptors (Lipinski definition) is 7. The summed E-state index contributed by atoms with van der Waals surface area (Å²) in [7, 11) is 1.62. The predicted octanol–water partition coefficient (Wildman–Crippen LogP) is 1.92. The number of aromatic nitrogens is 4. The van der Waals surface area contributed by atoms with Crippen molar-refractivity contribution < 1.29 is 9.47 Å². The smallest absolute Gasteiger partial charge is 0.336 e. The fourth-order valence-electron chi connectivity index (χ4n) is 3.57. The molecular weight excluding hydrogens is 356 g/mol. The van der Waals surface area contributed by atoms with Crippen LogP contribution in [0.3, 0.4) is 0 Å². The van der Waals surface area contributed by atoms with Crippen molar-refractivity contribution in [3.8, 4) is 6.01 Å². The Kier molecular flexibility index (Phi) is 5.68. The highest BCUT2D eigenvalue weighted by Gasteiger charge is 2.14. The topological polar surface area (TPSA) is 90.8 Å².